The third-order valence-electron chi connectivity index (χ3n) is 2.61. The van der Waals surface area contributed by atoms with Crippen molar-refractivity contribution in [3.63, 3.8) is 0 Å². The molecule has 112 valence electrons. The molecule has 0 fully saturated rings. The van der Waals surface area contributed by atoms with E-state index in [1.165, 1.54) is 0 Å². The van der Waals surface area contributed by atoms with E-state index in [1.807, 2.05) is 20.8 Å². The fraction of sp³-hybridized carbons (Fsp3) is 0.417. The molecular formula is C12H15N5O4. The molecule has 1 amide bonds. The first-order valence-electron chi connectivity index (χ1n) is 6.17. The molecule has 0 atom stereocenters. The van der Waals surface area contributed by atoms with E-state index in [1.54, 1.807) is 0 Å². The number of imidazole rings is 1. The van der Waals surface area contributed by atoms with Crippen LogP contribution < -0.4 is 5.32 Å². The molecule has 9 nitrogen and oxygen atoms in total. The molecular weight excluding hydrogens is 278 g/mol. The molecule has 0 aliphatic carbocycles. The third kappa shape index (κ3) is 3.25. The number of nitrogens with one attached hydrogen (secondary N) is 2. The SMILES string of the molecule is CC(C)(C)c1noc(CNC(=O)c2nc[nH]c2C(=O)O)n1. The number of carboxylic acids is 1. The van der Waals surface area contributed by atoms with Crippen LogP contribution in [0.15, 0.2) is 10.9 Å². The summed E-state index contributed by atoms with van der Waals surface area (Å²) in [6.45, 7) is 5.79. The van der Waals surface area contributed by atoms with Gasteiger partial charge in [-0.25, -0.2) is 9.78 Å². The second-order valence-electron chi connectivity index (χ2n) is 5.38. The highest BCUT2D eigenvalue weighted by Gasteiger charge is 2.22. The number of rotatable bonds is 4. The Hall–Kier alpha value is -2.71. The van der Waals surface area contributed by atoms with E-state index in [2.05, 4.69) is 25.4 Å². The van der Waals surface area contributed by atoms with E-state index in [4.69, 9.17) is 9.63 Å². The van der Waals surface area contributed by atoms with E-state index >= 15 is 0 Å². The maximum atomic E-state index is 11.9. The van der Waals surface area contributed by atoms with Crippen LogP contribution in [0.5, 0.6) is 0 Å². The molecule has 0 radical (unpaired) electrons. The first-order valence-corrected chi connectivity index (χ1v) is 6.17. The number of carboxylic acid groups (broad SMARTS) is 1. The van der Waals surface area contributed by atoms with Crippen molar-refractivity contribution < 1.29 is 19.2 Å². The molecule has 0 aliphatic heterocycles. The van der Waals surface area contributed by atoms with E-state index in [0.717, 1.165) is 6.33 Å². The number of aromatic nitrogens is 4. The van der Waals surface area contributed by atoms with Gasteiger partial charge in [0.25, 0.3) is 5.91 Å². The number of hydrogen-bond donors (Lipinski definition) is 3. The van der Waals surface area contributed by atoms with Gasteiger partial charge in [-0.15, -0.1) is 0 Å². The first kappa shape index (κ1) is 14.7. The van der Waals surface area contributed by atoms with Gasteiger partial charge < -0.3 is 19.9 Å². The third-order valence-corrected chi connectivity index (χ3v) is 2.61. The van der Waals surface area contributed by atoms with Crippen LogP contribution in [0.2, 0.25) is 0 Å². The van der Waals surface area contributed by atoms with Gasteiger partial charge in [-0.3, -0.25) is 4.79 Å². The Morgan fingerprint density at radius 2 is 2.14 bits per heavy atom. The molecule has 0 saturated carbocycles. The summed E-state index contributed by atoms with van der Waals surface area (Å²) in [4.78, 5) is 33.0. The average Bonchev–Trinajstić information content (AvgIpc) is 3.04. The maximum Gasteiger partial charge on any atom is 0.354 e. The number of amides is 1. The molecule has 9 heteroatoms. The smallest absolute Gasteiger partial charge is 0.354 e. The van der Waals surface area contributed by atoms with Gasteiger partial charge in [-0.1, -0.05) is 25.9 Å². The van der Waals surface area contributed by atoms with Crippen molar-refractivity contribution in [2.45, 2.75) is 32.7 Å². The summed E-state index contributed by atoms with van der Waals surface area (Å²) in [5.41, 5.74) is -0.726. The summed E-state index contributed by atoms with van der Waals surface area (Å²) in [5, 5.41) is 15.2. The number of nitrogens with zero attached hydrogens (tertiary/aromatic N) is 3. The fourth-order valence-electron chi connectivity index (χ4n) is 1.50. The summed E-state index contributed by atoms with van der Waals surface area (Å²) < 4.78 is 5.02. The summed E-state index contributed by atoms with van der Waals surface area (Å²) in [6, 6.07) is 0. The topological polar surface area (TPSA) is 134 Å². The highest BCUT2D eigenvalue weighted by atomic mass is 16.5. The van der Waals surface area contributed by atoms with Gasteiger partial charge in [0.2, 0.25) is 5.89 Å². The predicted octanol–water partition coefficient (Wildman–Crippen LogP) is 0.718. The van der Waals surface area contributed by atoms with E-state index in [0.29, 0.717) is 5.82 Å². The zero-order valence-electron chi connectivity index (χ0n) is 11.8. The van der Waals surface area contributed by atoms with Crippen molar-refractivity contribution in [2.75, 3.05) is 0 Å². The predicted molar refractivity (Wildman–Crippen MR) is 69.7 cm³/mol. The van der Waals surface area contributed by atoms with E-state index in [9.17, 15) is 9.59 Å². The van der Waals surface area contributed by atoms with E-state index in [-0.39, 0.29) is 29.2 Å². The Morgan fingerprint density at radius 3 is 2.71 bits per heavy atom. The minimum Gasteiger partial charge on any atom is -0.477 e. The monoisotopic (exact) mass is 293 g/mol. The molecule has 3 N–H and O–H groups in total. The van der Waals surface area contributed by atoms with Crippen LogP contribution in [0.1, 0.15) is 53.5 Å². The lowest BCUT2D eigenvalue weighted by atomic mass is 9.96. The second-order valence-corrected chi connectivity index (χ2v) is 5.38. The molecule has 0 aliphatic rings. The molecule has 2 aromatic rings. The zero-order chi connectivity index (χ0) is 15.6. The van der Waals surface area contributed by atoms with Gasteiger partial charge in [-0.05, 0) is 0 Å². The van der Waals surface area contributed by atoms with Crippen LogP contribution in [-0.2, 0) is 12.0 Å². The van der Waals surface area contributed by atoms with Crippen molar-refractivity contribution >= 4 is 11.9 Å². The molecule has 0 saturated heterocycles. The second kappa shape index (κ2) is 5.35. The standard InChI is InChI=1S/C12H15N5O4/c1-12(2,3)11-16-6(21-17-11)4-13-9(18)7-8(10(19)20)15-5-14-7/h5H,4H2,1-3H3,(H,13,18)(H,14,15)(H,19,20). The van der Waals surface area contributed by atoms with Crippen LogP contribution in [0, 0.1) is 0 Å². The van der Waals surface area contributed by atoms with Crippen LogP contribution in [0.25, 0.3) is 0 Å². The molecule has 2 aromatic heterocycles. The summed E-state index contributed by atoms with van der Waals surface area (Å²) in [7, 11) is 0. The van der Waals surface area contributed by atoms with Gasteiger partial charge in [0.1, 0.15) is 0 Å². The minimum absolute atomic E-state index is 0.00612. The quantitative estimate of drug-likeness (QED) is 0.755. The largest absolute Gasteiger partial charge is 0.477 e. The number of carbonyl (C=O) groups excluding carboxylic acids is 1. The molecule has 21 heavy (non-hydrogen) atoms. The minimum atomic E-state index is -1.26. The number of aromatic amines is 1. The Balaban J connectivity index is 2.03. The normalized spacial score (nSPS) is 11.4. The van der Waals surface area contributed by atoms with Crippen LogP contribution in [0.4, 0.5) is 0 Å². The Labute approximate surface area is 119 Å². The Bertz CT molecular complexity index is 667. The first-order chi connectivity index (χ1) is 9.79. The molecule has 2 heterocycles. The molecule has 0 spiro atoms. The number of carbonyl (C=O) groups is 2. The van der Waals surface area contributed by atoms with Crippen LogP contribution >= 0.6 is 0 Å². The number of aromatic carboxylic acids is 1. The highest BCUT2D eigenvalue weighted by molar-refractivity contribution is 6.02. The zero-order valence-corrected chi connectivity index (χ0v) is 11.8. The van der Waals surface area contributed by atoms with Crippen molar-refractivity contribution in [1.29, 1.82) is 0 Å². The van der Waals surface area contributed by atoms with Gasteiger partial charge >= 0.3 is 5.97 Å². The lowest BCUT2D eigenvalue weighted by Gasteiger charge is -2.10. The molecule has 2 rings (SSSR count). The van der Waals surface area contributed by atoms with Crippen LogP contribution in [-0.4, -0.2) is 37.1 Å². The summed E-state index contributed by atoms with van der Waals surface area (Å²) >= 11 is 0. The van der Waals surface area contributed by atoms with Gasteiger partial charge in [0.15, 0.2) is 17.2 Å². The lowest BCUT2D eigenvalue weighted by Crippen LogP contribution is -2.25. The number of H-pyrrole nitrogens is 1. The Morgan fingerprint density at radius 1 is 1.43 bits per heavy atom. The Kier molecular flexibility index (Phi) is 3.74. The summed E-state index contributed by atoms with van der Waals surface area (Å²) in [5.74, 6) is -1.13. The molecule has 0 aromatic carbocycles. The number of hydrogen-bond acceptors (Lipinski definition) is 6. The van der Waals surface area contributed by atoms with Crippen molar-refractivity contribution in [2.24, 2.45) is 0 Å². The molecule has 0 bridgehead atoms. The van der Waals surface area contributed by atoms with Crippen molar-refractivity contribution in [3.8, 4) is 0 Å². The van der Waals surface area contributed by atoms with Gasteiger partial charge in [0.05, 0.1) is 12.9 Å². The van der Waals surface area contributed by atoms with Crippen molar-refractivity contribution in [3.05, 3.63) is 29.4 Å². The fourth-order valence-corrected chi connectivity index (χ4v) is 1.50. The maximum absolute atomic E-state index is 11.9. The lowest BCUT2D eigenvalue weighted by molar-refractivity contribution is 0.0685. The van der Waals surface area contributed by atoms with Crippen LogP contribution in [0.3, 0.4) is 0 Å². The van der Waals surface area contributed by atoms with E-state index < -0.39 is 11.9 Å². The van der Waals surface area contributed by atoms with Crippen molar-refractivity contribution in [1.82, 2.24) is 25.4 Å². The highest BCUT2D eigenvalue weighted by Crippen LogP contribution is 2.18. The molecule has 0 unspecified atom stereocenters. The van der Waals surface area contributed by atoms with Gasteiger partial charge in [-0.2, -0.15) is 4.98 Å². The summed E-state index contributed by atoms with van der Waals surface area (Å²) in [6.07, 6.45) is 1.14. The average molecular weight is 293 g/mol. The van der Waals surface area contributed by atoms with Gasteiger partial charge in [0, 0.05) is 5.41 Å².